The summed E-state index contributed by atoms with van der Waals surface area (Å²) >= 11 is 3.44. The van der Waals surface area contributed by atoms with Crippen LogP contribution in [0, 0.1) is 0 Å². The fraction of sp³-hybridized carbons (Fsp3) is 0.250. The van der Waals surface area contributed by atoms with E-state index in [9.17, 15) is 5.11 Å². The third-order valence-corrected chi connectivity index (χ3v) is 3.68. The van der Waals surface area contributed by atoms with Gasteiger partial charge in [-0.1, -0.05) is 58.4 Å². The summed E-state index contributed by atoms with van der Waals surface area (Å²) in [6.07, 6.45) is 1.59. The van der Waals surface area contributed by atoms with Crippen LogP contribution < -0.4 is 0 Å². The van der Waals surface area contributed by atoms with Gasteiger partial charge in [-0.15, -0.1) is 0 Å². The zero-order chi connectivity index (χ0) is 13.0. The van der Waals surface area contributed by atoms with Gasteiger partial charge in [0.2, 0.25) is 0 Å². The number of hydrogen-bond acceptors (Lipinski definition) is 1. The Morgan fingerprint density at radius 1 is 1.06 bits per heavy atom. The first-order valence-electron chi connectivity index (χ1n) is 6.10. The summed E-state index contributed by atoms with van der Waals surface area (Å²) in [5, 5.41) is 10.6. The number of rotatable bonds is 4. The molecule has 1 nitrogen and oxygen atoms in total. The third kappa shape index (κ3) is 3.44. The van der Waals surface area contributed by atoms with Crippen LogP contribution in [0.15, 0.2) is 59.1 Å². The number of aliphatic hydroxyl groups is 1. The maximum Gasteiger partial charge on any atom is 0.0872 e. The van der Waals surface area contributed by atoms with Crippen LogP contribution in [0.3, 0.4) is 0 Å². The van der Waals surface area contributed by atoms with Crippen LogP contribution in [0.5, 0.6) is 0 Å². The van der Waals surface area contributed by atoms with Crippen molar-refractivity contribution in [3.05, 3.63) is 70.2 Å². The first kappa shape index (κ1) is 13.3. The topological polar surface area (TPSA) is 20.2 Å². The van der Waals surface area contributed by atoms with Crippen LogP contribution in [0.2, 0.25) is 0 Å². The number of aryl methyl sites for hydroxylation is 1. The van der Waals surface area contributed by atoms with Crippen LogP contribution >= 0.6 is 15.9 Å². The van der Waals surface area contributed by atoms with Gasteiger partial charge in [0.25, 0.3) is 0 Å². The normalized spacial score (nSPS) is 14.2. The van der Waals surface area contributed by atoms with Gasteiger partial charge >= 0.3 is 0 Å². The lowest BCUT2D eigenvalue weighted by molar-refractivity contribution is 0.0480. The third-order valence-electron chi connectivity index (χ3n) is 3.19. The summed E-state index contributed by atoms with van der Waals surface area (Å²) < 4.78 is 1.000. The summed E-state index contributed by atoms with van der Waals surface area (Å²) in [5.74, 6) is 0. The van der Waals surface area contributed by atoms with Crippen molar-refractivity contribution in [2.75, 3.05) is 0 Å². The van der Waals surface area contributed by atoms with Crippen molar-refractivity contribution in [2.24, 2.45) is 0 Å². The first-order valence-corrected chi connectivity index (χ1v) is 6.89. The highest BCUT2D eigenvalue weighted by atomic mass is 79.9. The number of benzene rings is 2. The molecule has 1 atom stereocenters. The Morgan fingerprint density at radius 2 is 1.78 bits per heavy atom. The Hall–Kier alpha value is -1.12. The minimum Gasteiger partial charge on any atom is -0.385 e. The van der Waals surface area contributed by atoms with Crippen LogP contribution in [-0.4, -0.2) is 5.11 Å². The standard InChI is InChI=1S/C16H17BrO/c1-16(18,14-8-5-9-15(17)12-14)11-10-13-6-3-2-4-7-13/h2-9,12,18H,10-11H2,1H3. The smallest absolute Gasteiger partial charge is 0.0872 e. The molecule has 0 heterocycles. The maximum absolute atomic E-state index is 10.6. The highest BCUT2D eigenvalue weighted by Crippen LogP contribution is 2.28. The molecular formula is C16H17BrO. The molecule has 0 fully saturated rings. The van der Waals surface area contributed by atoms with E-state index in [1.54, 1.807) is 0 Å². The molecule has 0 saturated heterocycles. The van der Waals surface area contributed by atoms with Gasteiger partial charge in [0, 0.05) is 4.47 Å². The van der Waals surface area contributed by atoms with E-state index in [1.807, 2.05) is 49.4 Å². The zero-order valence-corrected chi connectivity index (χ0v) is 12.0. The Kier molecular flexibility index (Phi) is 4.20. The number of halogens is 1. The molecule has 0 aliphatic carbocycles. The fourth-order valence-corrected chi connectivity index (χ4v) is 2.40. The van der Waals surface area contributed by atoms with E-state index in [4.69, 9.17) is 0 Å². The Balaban J connectivity index is 2.08. The minimum atomic E-state index is -0.792. The molecule has 1 N–H and O–H groups in total. The molecule has 2 aromatic rings. The predicted molar refractivity (Wildman–Crippen MR) is 78.5 cm³/mol. The van der Waals surface area contributed by atoms with Crippen molar-refractivity contribution in [3.8, 4) is 0 Å². The molecule has 94 valence electrons. The molecule has 0 radical (unpaired) electrons. The molecule has 0 spiro atoms. The van der Waals surface area contributed by atoms with Gasteiger partial charge in [0.15, 0.2) is 0 Å². The SMILES string of the molecule is CC(O)(CCc1ccccc1)c1cccc(Br)c1. The van der Waals surface area contributed by atoms with Gasteiger partial charge in [-0.05, 0) is 43.0 Å². The van der Waals surface area contributed by atoms with Crippen molar-refractivity contribution in [1.82, 2.24) is 0 Å². The van der Waals surface area contributed by atoms with Crippen molar-refractivity contribution >= 4 is 15.9 Å². The van der Waals surface area contributed by atoms with Gasteiger partial charge in [-0.25, -0.2) is 0 Å². The molecule has 2 aromatic carbocycles. The summed E-state index contributed by atoms with van der Waals surface area (Å²) in [6, 6.07) is 18.1. The van der Waals surface area contributed by atoms with Crippen molar-refractivity contribution in [2.45, 2.75) is 25.4 Å². The molecule has 0 aromatic heterocycles. The zero-order valence-electron chi connectivity index (χ0n) is 10.4. The average Bonchev–Trinajstić information content (AvgIpc) is 2.38. The molecule has 0 amide bonds. The van der Waals surface area contributed by atoms with Gasteiger partial charge in [0.05, 0.1) is 5.60 Å². The molecule has 0 bridgehead atoms. The van der Waals surface area contributed by atoms with E-state index >= 15 is 0 Å². The Labute approximate surface area is 117 Å². The largest absolute Gasteiger partial charge is 0.385 e. The van der Waals surface area contributed by atoms with E-state index in [-0.39, 0.29) is 0 Å². The van der Waals surface area contributed by atoms with E-state index in [2.05, 4.69) is 28.1 Å². The lowest BCUT2D eigenvalue weighted by Crippen LogP contribution is -2.21. The van der Waals surface area contributed by atoms with Crippen LogP contribution in [0.4, 0.5) is 0 Å². The predicted octanol–water partition coefficient (Wildman–Crippen LogP) is 4.29. The first-order chi connectivity index (χ1) is 8.58. The summed E-state index contributed by atoms with van der Waals surface area (Å²) in [5.41, 5.74) is 1.42. The molecule has 2 heteroatoms. The second-order valence-electron chi connectivity index (χ2n) is 4.77. The monoisotopic (exact) mass is 304 g/mol. The quantitative estimate of drug-likeness (QED) is 0.893. The maximum atomic E-state index is 10.6. The molecular weight excluding hydrogens is 288 g/mol. The lowest BCUT2D eigenvalue weighted by Gasteiger charge is -2.24. The van der Waals surface area contributed by atoms with Gasteiger partial charge in [-0.2, -0.15) is 0 Å². The van der Waals surface area contributed by atoms with E-state index in [1.165, 1.54) is 5.56 Å². The molecule has 1 unspecified atom stereocenters. The van der Waals surface area contributed by atoms with Gasteiger partial charge in [0.1, 0.15) is 0 Å². The molecule has 2 rings (SSSR count). The molecule has 0 saturated carbocycles. The second kappa shape index (κ2) is 5.68. The highest BCUT2D eigenvalue weighted by Gasteiger charge is 2.22. The lowest BCUT2D eigenvalue weighted by atomic mass is 9.89. The molecule has 18 heavy (non-hydrogen) atoms. The van der Waals surface area contributed by atoms with Gasteiger partial charge in [-0.3, -0.25) is 0 Å². The van der Waals surface area contributed by atoms with Crippen LogP contribution in [0.25, 0.3) is 0 Å². The van der Waals surface area contributed by atoms with Crippen LogP contribution in [-0.2, 0) is 12.0 Å². The summed E-state index contributed by atoms with van der Waals surface area (Å²) in [4.78, 5) is 0. The van der Waals surface area contributed by atoms with Crippen molar-refractivity contribution in [1.29, 1.82) is 0 Å². The van der Waals surface area contributed by atoms with Crippen molar-refractivity contribution < 1.29 is 5.11 Å². The van der Waals surface area contributed by atoms with E-state index in [0.29, 0.717) is 6.42 Å². The molecule has 0 aliphatic rings. The van der Waals surface area contributed by atoms with Crippen LogP contribution in [0.1, 0.15) is 24.5 Å². The Bertz CT molecular complexity index is 506. The fourth-order valence-electron chi connectivity index (χ4n) is 2.00. The Morgan fingerprint density at radius 3 is 2.44 bits per heavy atom. The second-order valence-corrected chi connectivity index (χ2v) is 5.69. The average molecular weight is 305 g/mol. The minimum absolute atomic E-state index is 0.716. The van der Waals surface area contributed by atoms with Gasteiger partial charge < -0.3 is 5.11 Å². The van der Waals surface area contributed by atoms with E-state index in [0.717, 1.165) is 16.5 Å². The summed E-state index contributed by atoms with van der Waals surface area (Å²) in [7, 11) is 0. The number of hydrogen-bond donors (Lipinski definition) is 1. The van der Waals surface area contributed by atoms with Crippen molar-refractivity contribution in [3.63, 3.8) is 0 Å². The summed E-state index contributed by atoms with van der Waals surface area (Å²) in [6.45, 7) is 1.87. The highest BCUT2D eigenvalue weighted by molar-refractivity contribution is 9.10. The molecule has 0 aliphatic heterocycles. The van der Waals surface area contributed by atoms with E-state index < -0.39 is 5.60 Å².